The molecule has 1 aromatic carbocycles. The van der Waals surface area contributed by atoms with Gasteiger partial charge in [0.25, 0.3) is 0 Å². The maximum absolute atomic E-state index is 12.4. The van der Waals surface area contributed by atoms with E-state index in [1.807, 2.05) is 5.32 Å². The lowest BCUT2D eigenvalue weighted by Crippen LogP contribution is -2.38. The molecule has 0 fully saturated rings. The molecule has 100 valence electrons. The fourth-order valence-electron chi connectivity index (χ4n) is 1.49. The second kappa shape index (κ2) is 5.72. The number of carbonyl (C=O) groups is 1. The molecule has 1 atom stereocenters. The van der Waals surface area contributed by atoms with E-state index < -0.39 is 30.5 Å². The maximum Gasteiger partial charge on any atom is 0.416 e. The van der Waals surface area contributed by atoms with E-state index in [0.29, 0.717) is 5.56 Å². The molecule has 3 N–H and O–H groups in total. The average Bonchev–Trinajstić information content (AvgIpc) is 2.26. The number of aliphatic hydroxyl groups excluding tert-OH is 1. The van der Waals surface area contributed by atoms with Gasteiger partial charge in [-0.3, -0.25) is 0 Å². The van der Waals surface area contributed by atoms with Crippen LogP contribution in [0.25, 0.3) is 0 Å². The normalized spacial score (nSPS) is 13.1. The van der Waals surface area contributed by atoms with Crippen molar-refractivity contribution in [2.75, 3.05) is 6.61 Å². The van der Waals surface area contributed by atoms with Crippen LogP contribution in [0.15, 0.2) is 24.3 Å². The standard InChI is InChI=1S/C11H12F3NO3/c12-11(13,14)8-3-1-2-7(4-8)5-9(6-16)15-10(17)18/h1-4,9,15-16H,5-6H2,(H,17,18). The summed E-state index contributed by atoms with van der Waals surface area (Å²) in [5.74, 6) is 0. The molecule has 0 saturated carbocycles. The lowest BCUT2D eigenvalue weighted by molar-refractivity contribution is -0.137. The summed E-state index contributed by atoms with van der Waals surface area (Å²) in [6, 6.07) is 3.73. The minimum Gasteiger partial charge on any atom is -0.465 e. The lowest BCUT2D eigenvalue weighted by Gasteiger charge is -2.15. The van der Waals surface area contributed by atoms with Crippen molar-refractivity contribution in [3.63, 3.8) is 0 Å². The van der Waals surface area contributed by atoms with E-state index in [-0.39, 0.29) is 6.42 Å². The van der Waals surface area contributed by atoms with Crippen molar-refractivity contribution in [2.45, 2.75) is 18.6 Å². The summed E-state index contributed by atoms with van der Waals surface area (Å²) < 4.78 is 37.3. The average molecular weight is 263 g/mol. The van der Waals surface area contributed by atoms with E-state index in [4.69, 9.17) is 10.2 Å². The predicted molar refractivity (Wildman–Crippen MR) is 57.2 cm³/mol. The van der Waals surface area contributed by atoms with Gasteiger partial charge in [-0.05, 0) is 18.1 Å². The number of amides is 1. The molecule has 0 aromatic heterocycles. The van der Waals surface area contributed by atoms with Gasteiger partial charge in [0.15, 0.2) is 0 Å². The van der Waals surface area contributed by atoms with Gasteiger partial charge in [0.1, 0.15) is 0 Å². The number of rotatable bonds is 4. The predicted octanol–water partition coefficient (Wildman–Crippen LogP) is 1.88. The molecule has 4 nitrogen and oxygen atoms in total. The van der Waals surface area contributed by atoms with E-state index in [1.165, 1.54) is 12.1 Å². The molecule has 7 heteroatoms. The Bertz CT molecular complexity index is 420. The highest BCUT2D eigenvalue weighted by atomic mass is 19.4. The summed E-state index contributed by atoms with van der Waals surface area (Å²) in [5, 5.41) is 19.4. The minimum absolute atomic E-state index is 0.00722. The van der Waals surface area contributed by atoms with Crippen LogP contribution >= 0.6 is 0 Å². The molecule has 1 amide bonds. The first-order valence-corrected chi connectivity index (χ1v) is 5.09. The van der Waals surface area contributed by atoms with E-state index in [2.05, 4.69) is 0 Å². The third-order valence-corrected chi connectivity index (χ3v) is 2.28. The highest BCUT2D eigenvalue weighted by Gasteiger charge is 2.30. The summed E-state index contributed by atoms with van der Waals surface area (Å²) in [5.41, 5.74) is -0.496. The van der Waals surface area contributed by atoms with Gasteiger partial charge in [0, 0.05) is 0 Å². The fourth-order valence-corrected chi connectivity index (χ4v) is 1.49. The fraction of sp³-hybridized carbons (Fsp3) is 0.364. The van der Waals surface area contributed by atoms with Gasteiger partial charge in [-0.15, -0.1) is 0 Å². The smallest absolute Gasteiger partial charge is 0.416 e. The number of hydrogen-bond acceptors (Lipinski definition) is 2. The third-order valence-electron chi connectivity index (χ3n) is 2.28. The zero-order chi connectivity index (χ0) is 13.8. The summed E-state index contributed by atoms with van der Waals surface area (Å²) >= 11 is 0. The van der Waals surface area contributed by atoms with Crippen molar-refractivity contribution >= 4 is 6.09 Å². The summed E-state index contributed by atoms with van der Waals surface area (Å²) in [6.45, 7) is -0.484. The number of nitrogens with one attached hydrogen (secondary N) is 1. The Balaban J connectivity index is 2.81. The highest BCUT2D eigenvalue weighted by molar-refractivity contribution is 5.64. The number of carboxylic acid groups (broad SMARTS) is 1. The molecule has 0 aliphatic rings. The zero-order valence-electron chi connectivity index (χ0n) is 9.24. The largest absolute Gasteiger partial charge is 0.465 e. The third kappa shape index (κ3) is 4.25. The van der Waals surface area contributed by atoms with Gasteiger partial charge in [-0.25, -0.2) is 4.79 Å². The van der Waals surface area contributed by atoms with Gasteiger partial charge in [-0.2, -0.15) is 13.2 Å². The highest BCUT2D eigenvalue weighted by Crippen LogP contribution is 2.29. The molecule has 18 heavy (non-hydrogen) atoms. The number of hydrogen-bond donors (Lipinski definition) is 3. The van der Waals surface area contributed by atoms with Crippen LogP contribution in [0, 0.1) is 0 Å². The van der Waals surface area contributed by atoms with Gasteiger partial charge in [0.05, 0.1) is 18.2 Å². The molecule has 0 aliphatic carbocycles. The van der Waals surface area contributed by atoms with E-state index in [0.717, 1.165) is 12.1 Å². The maximum atomic E-state index is 12.4. The van der Waals surface area contributed by atoms with Crippen LogP contribution in [-0.2, 0) is 12.6 Å². The molecular formula is C11H12F3NO3. The number of aliphatic hydroxyl groups is 1. The van der Waals surface area contributed by atoms with Crippen LogP contribution in [0.1, 0.15) is 11.1 Å². The molecule has 1 unspecified atom stereocenters. The van der Waals surface area contributed by atoms with Crippen molar-refractivity contribution in [3.8, 4) is 0 Å². The summed E-state index contributed by atoms with van der Waals surface area (Å²) in [7, 11) is 0. The van der Waals surface area contributed by atoms with Crippen LogP contribution in [0.4, 0.5) is 18.0 Å². The van der Waals surface area contributed by atoms with Crippen LogP contribution in [0.5, 0.6) is 0 Å². The van der Waals surface area contributed by atoms with Crippen molar-refractivity contribution in [1.82, 2.24) is 5.32 Å². The van der Waals surface area contributed by atoms with E-state index >= 15 is 0 Å². The molecule has 1 aromatic rings. The lowest BCUT2D eigenvalue weighted by atomic mass is 10.0. The molecule has 0 radical (unpaired) electrons. The van der Waals surface area contributed by atoms with Crippen molar-refractivity contribution < 1.29 is 28.2 Å². The SMILES string of the molecule is O=C(O)NC(CO)Cc1cccc(C(F)(F)F)c1. The van der Waals surface area contributed by atoms with Crippen LogP contribution in [-0.4, -0.2) is 29.0 Å². The van der Waals surface area contributed by atoms with Crippen LogP contribution < -0.4 is 5.32 Å². The van der Waals surface area contributed by atoms with Crippen LogP contribution in [0.3, 0.4) is 0 Å². The summed E-state index contributed by atoms with van der Waals surface area (Å²) in [4.78, 5) is 10.4. The number of alkyl halides is 3. The molecule has 0 bridgehead atoms. The monoisotopic (exact) mass is 263 g/mol. The first-order valence-electron chi connectivity index (χ1n) is 5.09. The molecule has 1 rings (SSSR count). The first-order chi connectivity index (χ1) is 8.32. The Morgan fingerprint density at radius 1 is 1.39 bits per heavy atom. The van der Waals surface area contributed by atoms with Gasteiger partial charge >= 0.3 is 12.3 Å². The van der Waals surface area contributed by atoms with Gasteiger partial charge < -0.3 is 15.5 Å². The van der Waals surface area contributed by atoms with Crippen LogP contribution in [0.2, 0.25) is 0 Å². The topological polar surface area (TPSA) is 69.6 Å². The van der Waals surface area contributed by atoms with E-state index in [1.54, 1.807) is 0 Å². The van der Waals surface area contributed by atoms with Crippen molar-refractivity contribution in [2.24, 2.45) is 0 Å². The first kappa shape index (κ1) is 14.3. The Morgan fingerprint density at radius 3 is 2.56 bits per heavy atom. The Hall–Kier alpha value is -1.76. The quantitative estimate of drug-likeness (QED) is 0.776. The zero-order valence-corrected chi connectivity index (χ0v) is 9.24. The van der Waals surface area contributed by atoms with Gasteiger partial charge in [-0.1, -0.05) is 18.2 Å². The Morgan fingerprint density at radius 2 is 2.06 bits per heavy atom. The minimum atomic E-state index is -4.44. The number of benzene rings is 1. The van der Waals surface area contributed by atoms with E-state index in [9.17, 15) is 18.0 Å². The Labute approximate surface area is 101 Å². The second-order valence-electron chi connectivity index (χ2n) is 3.73. The molecule has 0 aliphatic heterocycles. The van der Waals surface area contributed by atoms with Crippen molar-refractivity contribution in [1.29, 1.82) is 0 Å². The number of halogens is 3. The Kier molecular flexibility index (Phi) is 4.55. The molecular weight excluding hydrogens is 251 g/mol. The summed E-state index contributed by atoms with van der Waals surface area (Å²) in [6.07, 6.45) is -5.78. The van der Waals surface area contributed by atoms with Gasteiger partial charge in [0.2, 0.25) is 0 Å². The van der Waals surface area contributed by atoms with Crippen molar-refractivity contribution in [3.05, 3.63) is 35.4 Å². The second-order valence-corrected chi connectivity index (χ2v) is 3.73. The molecule has 0 saturated heterocycles. The molecule has 0 spiro atoms. The molecule has 0 heterocycles.